The number of fused-ring (bicyclic) bond motifs is 1. The highest BCUT2D eigenvalue weighted by Crippen LogP contribution is 2.41. The van der Waals surface area contributed by atoms with Crippen LogP contribution >= 0.6 is 34.9 Å². The molecule has 14 nitrogen and oxygen atoms in total. The molecule has 0 bridgehead atoms. The first-order chi connectivity index (χ1) is 21.6. The lowest BCUT2D eigenvalue weighted by Crippen LogP contribution is -2.71. The topological polar surface area (TPSA) is 171 Å². The van der Waals surface area contributed by atoms with Crippen LogP contribution in [0.2, 0.25) is 0 Å². The number of halogens is 1. The molecule has 248 valence electrons. The van der Waals surface area contributed by atoms with E-state index >= 15 is 0 Å². The van der Waals surface area contributed by atoms with E-state index in [-0.39, 0.29) is 34.9 Å². The SMILES string of the molecule is COc1ccc(COC(=O)C2=C(CCl)CSC3[C@H](NC(=O)/C(=N\OC(C)(C)C)c4nsc(NC(=O)OC(C)(C)C)n4)C(=O)N23)cc1. The van der Waals surface area contributed by atoms with Gasteiger partial charge in [0.15, 0.2) is 0 Å². The van der Waals surface area contributed by atoms with Crippen LogP contribution in [0.3, 0.4) is 0 Å². The molecule has 3 amide bonds. The van der Waals surface area contributed by atoms with Gasteiger partial charge in [-0.25, -0.2) is 9.59 Å². The number of anilines is 1. The predicted octanol–water partition coefficient (Wildman–Crippen LogP) is 4.05. The zero-order valence-electron chi connectivity index (χ0n) is 26.3. The van der Waals surface area contributed by atoms with E-state index < -0.39 is 46.5 Å². The monoisotopic (exact) mass is 694 g/mol. The summed E-state index contributed by atoms with van der Waals surface area (Å²) >= 11 is 8.29. The minimum absolute atomic E-state index is 0.0175. The number of β-lactam (4-membered cyclic amide) rings is 1. The number of benzene rings is 1. The number of carbonyl (C=O) groups excluding carboxylic acids is 4. The van der Waals surface area contributed by atoms with Crippen LogP contribution in [0.25, 0.3) is 0 Å². The van der Waals surface area contributed by atoms with Crippen LogP contribution in [0.15, 0.2) is 40.7 Å². The number of oxime groups is 1. The highest BCUT2D eigenvalue weighted by atomic mass is 35.5. The van der Waals surface area contributed by atoms with E-state index in [1.165, 1.54) is 16.7 Å². The second-order valence-electron chi connectivity index (χ2n) is 12.1. The summed E-state index contributed by atoms with van der Waals surface area (Å²) < 4.78 is 20.1. The normalized spacial score (nSPS) is 18.3. The van der Waals surface area contributed by atoms with E-state index in [0.29, 0.717) is 17.1 Å². The molecular weight excluding hydrogens is 660 g/mol. The quantitative estimate of drug-likeness (QED) is 0.121. The third kappa shape index (κ3) is 8.67. The second kappa shape index (κ2) is 14.3. The molecule has 0 spiro atoms. The summed E-state index contributed by atoms with van der Waals surface area (Å²) in [6, 6.07) is 6.01. The number of hydrogen-bond acceptors (Lipinski definition) is 13. The molecule has 0 aliphatic carbocycles. The van der Waals surface area contributed by atoms with Gasteiger partial charge in [-0.2, -0.15) is 9.36 Å². The van der Waals surface area contributed by atoms with Crippen molar-refractivity contribution in [2.24, 2.45) is 5.16 Å². The zero-order chi connectivity index (χ0) is 33.8. The van der Waals surface area contributed by atoms with E-state index in [4.69, 9.17) is 30.6 Å². The van der Waals surface area contributed by atoms with Crippen molar-refractivity contribution in [1.82, 2.24) is 19.6 Å². The summed E-state index contributed by atoms with van der Waals surface area (Å²) in [5.41, 5.74) is -0.492. The highest BCUT2D eigenvalue weighted by Gasteiger charge is 2.54. The van der Waals surface area contributed by atoms with Crippen LogP contribution in [-0.2, 0) is 35.3 Å². The number of esters is 1. The molecule has 1 saturated heterocycles. The zero-order valence-corrected chi connectivity index (χ0v) is 28.7. The fourth-order valence-electron chi connectivity index (χ4n) is 4.05. The van der Waals surface area contributed by atoms with Crippen LogP contribution in [0.5, 0.6) is 5.75 Å². The fraction of sp³-hybridized carbons (Fsp3) is 0.483. The third-order valence-corrected chi connectivity index (χ3v) is 8.38. The smallest absolute Gasteiger partial charge is 0.414 e. The van der Waals surface area contributed by atoms with E-state index in [2.05, 4.69) is 25.1 Å². The maximum absolute atomic E-state index is 13.5. The van der Waals surface area contributed by atoms with Crippen LogP contribution < -0.4 is 15.4 Å². The number of amides is 3. The maximum atomic E-state index is 13.5. The number of nitrogens with zero attached hydrogens (tertiary/aromatic N) is 4. The molecule has 0 radical (unpaired) electrons. The number of rotatable bonds is 10. The van der Waals surface area contributed by atoms with Gasteiger partial charge in [-0.3, -0.25) is 19.8 Å². The number of carbonyl (C=O) groups is 4. The summed E-state index contributed by atoms with van der Waals surface area (Å²) in [5.74, 6) is -1.13. The summed E-state index contributed by atoms with van der Waals surface area (Å²) in [6.07, 6.45) is -0.749. The molecule has 2 atom stereocenters. The molecule has 1 fully saturated rings. The van der Waals surface area contributed by atoms with Gasteiger partial charge in [0.1, 0.15) is 40.7 Å². The summed E-state index contributed by atoms with van der Waals surface area (Å²) in [4.78, 5) is 63.3. The molecule has 2 N–H and O–H groups in total. The van der Waals surface area contributed by atoms with Crippen molar-refractivity contribution in [3.8, 4) is 5.75 Å². The third-order valence-electron chi connectivity index (χ3n) is 6.09. The Morgan fingerprint density at radius 3 is 2.41 bits per heavy atom. The lowest BCUT2D eigenvalue weighted by Gasteiger charge is -2.49. The van der Waals surface area contributed by atoms with E-state index in [1.54, 1.807) is 72.9 Å². The molecule has 1 aromatic heterocycles. The Morgan fingerprint density at radius 1 is 1.11 bits per heavy atom. The number of nitrogens with one attached hydrogen (secondary N) is 2. The van der Waals surface area contributed by atoms with Crippen LogP contribution in [0, 0.1) is 0 Å². The van der Waals surface area contributed by atoms with Crippen molar-refractivity contribution >= 4 is 69.6 Å². The van der Waals surface area contributed by atoms with Crippen molar-refractivity contribution in [2.45, 2.75) is 70.8 Å². The Balaban J connectivity index is 1.48. The molecule has 2 aliphatic rings. The van der Waals surface area contributed by atoms with Crippen LogP contribution in [-0.4, -0.2) is 85.2 Å². The number of methoxy groups -OCH3 is 1. The fourth-order valence-corrected chi connectivity index (χ4v) is 6.29. The Labute approximate surface area is 279 Å². The second-order valence-corrected chi connectivity index (χ2v) is 14.2. The van der Waals surface area contributed by atoms with E-state index in [9.17, 15) is 19.2 Å². The molecule has 2 aromatic rings. The average Bonchev–Trinajstić information content (AvgIpc) is 3.44. The Hall–Kier alpha value is -3.89. The Bertz CT molecular complexity index is 1550. The number of aromatic nitrogens is 2. The minimum Gasteiger partial charge on any atom is -0.497 e. The summed E-state index contributed by atoms with van der Waals surface area (Å²) in [6.45, 7) is 10.3. The molecule has 3 heterocycles. The Kier molecular flexibility index (Phi) is 10.8. The Morgan fingerprint density at radius 2 is 1.80 bits per heavy atom. The lowest BCUT2D eigenvalue weighted by atomic mass is 10.0. The van der Waals surface area contributed by atoms with Crippen LogP contribution in [0.1, 0.15) is 52.9 Å². The van der Waals surface area contributed by atoms with Gasteiger partial charge in [-0.1, -0.05) is 17.3 Å². The largest absolute Gasteiger partial charge is 0.497 e. The standard InChI is InChI=1S/C29H35ClN6O8S2/c1-28(2,3)43-27(40)33-26-32-21(35-46-26)18(34-44-29(4,5)6)22(37)31-19-23(38)36-20(16(12-30)14-45-24(19)36)25(39)42-13-15-8-10-17(41-7)11-9-15/h8-11,19,24H,12-14H2,1-7H3,(H,31,37)(H,32,33,35,40)/b34-18-/t19-,24?/m1/s1. The van der Waals surface area contributed by atoms with Gasteiger partial charge < -0.3 is 24.4 Å². The molecule has 1 aromatic carbocycles. The molecule has 17 heteroatoms. The number of thioether (sulfide) groups is 1. The molecule has 4 rings (SSSR count). The van der Waals surface area contributed by atoms with Crippen molar-refractivity contribution in [2.75, 3.05) is 24.1 Å². The van der Waals surface area contributed by atoms with Gasteiger partial charge in [0, 0.05) is 23.2 Å². The first kappa shape index (κ1) is 35.0. The molecule has 0 saturated carbocycles. The minimum atomic E-state index is -1.00. The van der Waals surface area contributed by atoms with E-state index in [1.807, 2.05) is 0 Å². The molecule has 2 aliphatic heterocycles. The molecular formula is C29H35ClN6O8S2. The van der Waals surface area contributed by atoms with Gasteiger partial charge in [0.25, 0.3) is 11.8 Å². The van der Waals surface area contributed by atoms with E-state index in [0.717, 1.165) is 17.1 Å². The predicted molar refractivity (Wildman–Crippen MR) is 173 cm³/mol. The number of ether oxygens (including phenoxy) is 3. The summed E-state index contributed by atoms with van der Waals surface area (Å²) in [5, 5.41) is 8.59. The van der Waals surface area contributed by atoms with Crippen molar-refractivity contribution in [3.05, 3.63) is 46.9 Å². The maximum Gasteiger partial charge on any atom is 0.414 e. The molecule has 46 heavy (non-hydrogen) atoms. The van der Waals surface area contributed by atoms with Gasteiger partial charge in [0.05, 0.1) is 7.11 Å². The lowest BCUT2D eigenvalue weighted by molar-refractivity contribution is -0.153. The first-order valence-electron chi connectivity index (χ1n) is 14.0. The van der Waals surface area contributed by atoms with Gasteiger partial charge in [0.2, 0.25) is 16.7 Å². The molecule has 1 unspecified atom stereocenters. The highest BCUT2D eigenvalue weighted by molar-refractivity contribution is 8.00. The van der Waals surface area contributed by atoms with Crippen molar-refractivity contribution in [1.29, 1.82) is 0 Å². The van der Waals surface area contributed by atoms with Gasteiger partial charge in [-0.15, -0.1) is 23.4 Å². The number of hydrogen-bond donors (Lipinski definition) is 2. The van der Waals surface area contributed by atoms with Crippen LogP contribution in [0.4, 0.5) is 9.93 Å². The van der Waals surface area contributed by atoms with Gasteiger partial charge >= 0.3 is 12.1 Å². The van der Waals surface area contributed by atoms with Crippen molar-refractivity contribution in [3.63, 3.8) is 0 Å². The van der Waals surface area contributed by atoms with Crippen molar-refractivity contribution < 1.29 is 38.2 Å². The first-order valence-corrected chi connectivity index (χ1v) is 16.4. The average molecular weight is 695 g/mol. The summed E-state index contributed by atoms with van der Waals surface area (Å²) in [7, 11) is 1.55. The van der Waals surface area contributed by atoms with Gasteiger partial charge in [-0.05, 0) is 64.8 Å². The number of alkyl halides is 1.